The molecule has 132 valence electrons. The van der Waals surface area contributed by atoms with Crippen molar-refractivity contribution >= 4 is 17.5 Å². The summed E-state index contributed by atoms with van der Waals surface area (Å²) in [6, 6.07) is 5.73. The first-order valence-electron chi connectivity index (χ1n) is 8.49. The second-order valence-corrected chi connectivity index (χ2v) is 6.13. The summed E-state index contributed by atoms with van der Waals surface area (Å²) in [6.07, 6.45) is 0.731. The fraction of sp³-hybridized carbons (Fsp3) is 0.556. The van der Waals surface area contributed by atoms with Crippen LogP contribution in [0, 0.1) is 13.8 Å². The van der Waals surface area contributed by atoms with E-state index in [-0.39, 0.29) is 18.2 Å². The van der Waals surface area contributed by atoms with Crippen molar-refractivity contribution in [2.75, 3.05) is 44.7 Å². The maximum absolute atomic E-state index is 12.0. The Labute approximate surface area is 143 Å². The van der Waals surface area contributed by atoms with E-state index < -0.39 is 0 Å². The number of nitrogens with one attached hydrogen (secondary N) is 2. The van der Waals surface area contributed by atoms with E-state index in [9.17, 15) is 9.59 Å². The van der Waals surface area contributed by atoms with Crippen molar-refractivity contribution in [2.24, 2.45) is 0 Å². The average molecular weight is 333 g/mol. The third-order valence-electron chi connectivity index (χ3n) is 4.28. The van der Waals surface area contributed by atoms with Crippen LogP contribution in [0.5, 0.6) is 0 Å². The van der Waals surface area contributed by atoms with Gasteiger partial charge in [0.1, 0.15) is 6.42 Å². The van der Waals surface area contributed by atoms with Gasteiger partial charge >= 0.3 is 0 Å². The first-order valence-corrected chi connectivity index (χ1v) is 8.49. The molecule has 1 fully saturated rings. The Morgan fingerprint density at radius 2 is 1.92 bits per heavy atom. The molecule has 0 aliphatic carbocycles. The molecule has 0 unspecified atom stereocenters. The third-order valence-corrected chi connectivity index (χ3v) is 4.28. The largest absolute Gasteiger partial charge is 0.379 e. The topological polar surface area (TPSA) is 70.7 Å². The second kappa shape index (κ2) is 9.39. The van der Waals surface area contributed by atoms with Crippen molar-refractivity contribution < 1.29 is 14.3 Å². The van der Waals surface area contributed by atoms with Gasteiger partial charge in [0.15, 0.2) is 0 Å². The third kappa shape index (κ3) is 5.94. The van der Waals surface area contributed by atoms with E-state index in [0.29, 0.717) is 6.54 Å². The SMILES string of the molecule is Cc1cccc(NC(=O)CC(=O)NCCCN2CCOCC2)c1C. The molecular weight excluding hydrogens is 306 g/mol. The minimum atomic E-state index is -0.283. The van der Waals surface area contributed by atoms with E-state index in [2.05, 4.69) is 15.5 Å². The van der Waals surface area contributed by atoms with E-state index >= 15 is 0 Å². The first-order chi connectivity index (χ1) is 11.6. The van der Waals surface area contributed by atoms with Crippen LogP contribution in [0.15, 0.2) is 18.2 Å². The van der Waals surface area contributed by atoms with E-state index in [1.54, 1.807) is 0 Å². The number of carbonyl (C=O) groups is 2. The Morgan fingerprint density at radius 1 is 1.17 bits per heavy atom. The average Bonchev–Trinajstić information content (AvgIpc) is 2.57. The number of morpholine rings is 1. The van der Waals surface area contributed by atoms with E-state index in [1.165, 1.54) is 0 Å². The van der Waals surface area contributed by atoms with Gasteiger partial charge in [-0.2, -0.15) is 0 Å². The van der Waals surface area contributed by atoms with Gasteiger partial charge in [0, 0.05) is 25.3 Å². The molecule has 0 atom stereocenters. The van der Waals surface area contributed by atoms with Crippen LogP contribution in [0.1, 0.15) is 24.0 Å². The van der Waals surface area contributed by atoms with Crippen molar-refractivity contribution in [3.63, 3.8) is 0 Å². The van der Waals surface area contributed by atoms with Crippen molar-refractivity contribution in [2.45, 2.75) is 26.7 Å². The number of rotatable bonds is 7. The Balaban J connectivity index is 1.64. The number of ether oxygens (including phenoxy) is 1. The van der Waals surface area contributed by atoms with Gasteiger partial charge in [-0.15, -0.1) is 0 Å². The predicted octanol–water partition coefficient (Wildman–Crippen LogP) is 1.47. The van der Waals surface area contributed by atoms with Crippen LogP contribution in [0.25, 0.3) is 0 Å². The fourth-order valence-corrected chi connectivity index (χ4v) is 2.64. The molecule has 2 rings (SSSR count). The number of hydrogen-bond donors (Lipinski definition) is 2. The molecule has 2 N–H and O–H groups in total. The van der Waals surface area contributed by atoms with E-state index in [1.807, 2.05) is 32.0 Å². The molecule has 0 saturated carbocycles. The monoisotopic (exact) mass is 333 g/mol. The van der Waals surface area contributed by atoms with E-state index in [0.717, 1.165) is 56.1 Å². The molecule has 1 saturated heterocycles. The van der Waals surface area contributed by atoms with Crippen LogP contribution in [-0.4, -0.2) is 56.1 Å². The molecule has 1 aliphatic rings. The number of anilines is 1. The highest BCUT2D eigenvalue weighted by molar-refractivity contribution is 6.03. The lowest BCUT2D eigenvalue weighted by atomic mass is 10.1. The molecule has 1 aromatic carbocycles. The summed E-state index contributed by atoms with van der Waals surface area (Å²) in [5, 5.41) is 5.61. The molecule has 0 radical (unpaired) electrons. The minimum Gasteiger partial charge on any atom is -0.379 e. The summed E-state index contributed by atoms with van der Waals surface area (Å²) in [5.74, 6) is -0.519. The Bertz CT molecular complexity index is 569. The lowest BCUT2D eigenvalue weighted by Gasteiger charge is -2.26. The number of nitrogens with zero attached hydrogens (tertiary/aromatic N) is 1. The Morgan fingerprint density at radius 3 is 2.67 bits per heavy atom. The molecule has 1 aliphatic heterocycles. The van der Waals surface area contributed by atoms with Gasteiger partial charge in [0.2, 0.25) is 11.8 Å². The highest BCUT2D eigenvalue weighted by Crippen LogP contribution is 2.17. The Hall–Kier alpha value is -1.92. The molecule has 0 spiro atoms. The molecule has 6 nitrogen and oxygen atoms in total. The van der Waals surface area contributed by atoms with Gasteiger partial charge in [-0.25, -0.2) is 0 Å². The van der Waals surface area contributed by atoms with Crippen LogP contribution in [0.2, 0.25) is 0 Å². The molecule has 1 aromatic rings. The molecule has 6 heteroatoms. The molecule has 24 heavy (non-hydrogen) atoms. The van der Waals surface area contributed by atoms with Crippen molar-refractivity contribution in [3.8, 4) is 0 Å². The highest BCUT2D eigenvalue weighted by atomic mass is 16.5. The molecular formula is C18H27N3O3. The summed E-state index contributed by atoms with van der Waals surface area (Å²) in [4.78, 5) is 26.1. The number of benzene rings is 1. The van der Waals surface area contributed by atoms with Crippen LogP contribution in [0.4, 0.5) is 5.69 Å². The number of carbonyl (C=O) groups excluding carboxylic acids is 2. The van der Waals surface area contributed by atoms with Crippen molar-refractivity contribution in [1.82, 2.24) is 10.2 Å². The Kier molecular flexibility index (Phi) is 7.21. The van der Waals surface area contributed by atoms with Crippen molar-refractivity contribution in [3.05, 3.63) is 29.3 Å². The van der Waals surface area contributed by atoms with Crippen LogP contribution >= 0.6 is 0 Å². The number of hydrogen-bond acceptors (Lipinski definition) is 4. The highest BCUT2D eigenvalue weighted by Gasteiger charge is 2.12. The molecule has 1 heterocycles. The zero-order valence-electron chi connectivity index (χ0n) is 14.6. The first kappa shape index (κ1) is 18.4. The lowest BCUT2D eigenvalue weighted by molar-refractivity contribution is -0.126. The normalized spacial score (nSPS) is 15.1. The van der Waals surface area contributed by atoms with Gasteiger partial charge in [-0.1, -0.05) is 12.1 Å². The van der Waals surface area contributed by atoms with Crippen LogP contribution in [-0.2, 0) is 14.3 Å². The number of amides is 2. The molecule has 0 aromatic heterocycles. The maximum Gasteiger partial charge on any atom is 0.233 e. The maximum atomic E-state index is 12.0. The van der Waals surface area contributed by atoms with E-state index in [4.69, 9.17) is 4.74 Å². The summed E-state index contributed by atoms with van der Waals surface area (Å²) >= 11 is 0. The zero-order chi connectivity index (χ0) is 17.4. The van der Waals surface area contributed by atoms with Gasteiger partial charge in [-0.3, -0.25) is 14.5 Å². The van der Waals surface area contributed by atoms with Gasteiger partial charge in [0.05, 0.1) is 13.2 Å². The summed E-state index contributed by atoms with van der Waals surface area (Å²) in [5.41, 5.74) is 2.90. The smallest absolute Gasteiger partial charge is 0.233 e. The van der Waals surface area contributed by atoms with Gasteiger partial charge in [0.25, 0.3) is 0 Å². The molecule has 0 bridgehead atoms. The van der Waals surface area contributed by atoms with Gasteiger partial charge in [-0.05, 0) is 44.0 Å². The van der Waals surface area contributed by atoms with Gasteiger partial charge < -0.3 is 15.4 Å². The lowest BCUT2D eigenvalue weighted by Crippen LogP contribution is -2.38. The summed E-state index contributed by atoms with van der Waals surface area (Å²) in [7, 11) is 0. The van der Waals surface area contributed by atoms with Crippen LogP contribution < -0.4 is 10.6 Å². The standard InChI is InChI=1S/C18H27N3O3/c1-14-5-3-6-16(15(14)2)20-18(23)13-17(22)19-7-4-8-21-9-11-24-12-10-21/h3,5-6H,4,7-13H2,1-2H3,(H,19,22)(H,20,23). The molecule has 2 amide bonds. The predicted molar refractivity (Wildman–Crippen MR) is 94.0 cm³/mol. The quantitative estimate of drug-likeness (QED) is 0.586. The van der Waals surface area contributed by atoms with Crippen LogP contribution in [0.3, 0.4) is 0 Å². The zero-order valence-corrected chi connectivity index (χ0v) is 14.6. The fourth-order valence-electron chi connectivity index (χ4n) is 2.64. The minimum absolute atomic E-state index is 0.148. The second-order valence-electron chi connectivity index (χ2n) is 6.13. The summed E-state index contributed by atoms with van der Waals surface area (Å²) < 4.78 is 5.30. The van der Waals surface area contributed by atoms with Crippen molar-refractivity contribution in [1.29, 1.82) is 0 Å². The number of aryl methyl sites for hydroxylation is 1. The summed E-state index contributed by atoms with van der Waals surface area (Å²) in [6.45, 7) is 8.95.